The maximum atomic E-state index is 4.02. The second-order valence-electron chi connectivity index (χ2n) is 4.14. The smallest absolute Gasteiger partial charge is 0.00197 e. The highest BCUT2D eigenvalue weighted by atomic mass is 14.3. The largest absolute Gasteiger partial charge is 0.0955 e. The first-order valence-corrected chi connectivity index (χ1v) is 4.73. The fourth-order valence-corrected chi connectivity index (χ4v) is 2.57. The van der Waals surface area contributed by atoms with Gasteiger partial charge in [0.2, 0.25) is 0 Å². The standard InChI is InChI=1S/C13H12/c1-8-3-10-7-11-4-9(2)6-13(11)12(10)5-8/h3-4H,1-2,5-7H2. The molecule has 0 unspecified atom stereocenters. The lowest BCUT2D eigenvalue weighted by Crippen LogP contribution is -1.80. The molecule has 0 fully saturated rings. The third kappa shape index (κ3) is 0.859. The van der Waals surface area contributed by atoms with E-state index in [0.717, 1.165) is 19.3 Å². The van der Waals surface area contributed by atoms with E-state index >= 15 is 0 Å². The summed E-state index contributed by atoms with van der Waals surface area (Å²) in [4.78, 5) is 0. The Balaban J connectivity index is 2.15. The lowest BCUT2D eigenvalue weighted by atomic mass is 10.1. The van der Waals surface area contributed by atoms with Crippen molar-refractivity contribution < 1.29 is 0 Å². The highest BCUT2D eigenvalue weighted by molar-refractivity contribution is 5.66. The topological polar surface area (TPSA) is 0 Å². The Labute approximate surface area is 78.7 Å². The van der Waals surface area contributed by atoms with Crippen molar-refractivity contribution in [1.82, 2.24) is 0 Å². The Morgan fingerprint density at radius 2 is 1.23 bits per heavy atom. The molecule has 0 spiro atoms. The summed E-state index contributed by atoms with van der Waals surface area (Å²) in [6.07, 6.45) is 7.79. The molecule has 0 aliphatic heterocycles. The van der Waals surface area contributed by atoms with Gasteiger partial charge in [-0.25, -0.2) is 0 Å². The molecule has 64 valence electrons. The van der Waals surface area contributed by atoms with E-state index in [4.69, 9.17) is 0 Å². The Bertz CT molecular complexity index is 385. The Morgan fingerprint density at radius 3 is 1.69 bits per heavy atom. The molecule has 0 nitrogen and oxygen atoms in total. The third-order valence-corrected chi connectivity index (χ3v) is 3.08. The summed E-state index contributed by atoms with van der Waals surface area (Å²) in [5, 5.41) is 0. The lowest BCUT2D eigenvalue weighted by Gasteiger charge is -1.98. The maximum Gasteiger partial charge on any atom is -0.00197 e. The lowest BCUT2D eigenvalue weighted by molar-refractivity contribution is 1.17. The number of hydrogen-bond acceptors (Lipinski definition) is 0. The predicted molar refractivity (Wildman–Crippen MR) is 55.3 cm³/mol. The van der Waals surface area contributed by atoms with Gasteiger partial charge in [-0.05, 0) is 41.6 Å². The van der Waals surface area contributed by atoms with E-state index in [0.29, 0.717) is 0 Å². The normalized spacial score (nSPS) is 24.9. The van der Waals surface area contributed by atoms with Crippen LogP contribution in [0.2, 0.25) is 0 Å². The minimum absolute atomic E-state index is 1.08. The summed E-state index contributed by atoms with van der Waals surface area (Å²) in [5.41, 5.74) is 8.67. The number of fused-ring (bicyclic) bond motifs is 2. The van der Waals surface area contributed by atoms with Gasteiger partial charge in [0, 0.05) is 0 Å². The van der Waals surface area contributed by atoms with E-state index in [9.17, 15) is 0 Å². The van der Waals surface area contributed by atoms with Gasteiger partial charge in [0.15, 0.2) is 0 Å². The van der Waals surface area contributed by atoms with E-state index in [1.807, 2.05) is 0 Å². The van der Waals surface area contributed by atoms with Crippen molar-refractivity contribution >= 4 is 0 Å². The predicted octanol–water partition coefficient (Wildman–Crippen LogP) is 3.46. The molecule has 0 heteroatoms. The van der Waals surface area contributed by atoms with Crippen LogP contribution in [0.15, 0.2) is 58.7 Å². The van der Waals surface area contributed by atoms with Crippen LogP contribution in [0.3, 0.4) is 0 Å². The Morgan fingerprint density at radius 1 is 0.769 bits per heavy atom. The molecular formula is C13H12. The molecule has 0 N–H and O–H groups in total. The van der Waals surface area contributed by atoms with Gasteiger partial charge in [-0.1, -0.05) is 36.5 Å². The highest BCUT2D eigenvalue weighted by Crippen LogP contribution is 2.48. The molecule has 0 radical (unpaired) electrons. The summed E-state index contributed by atoms with van der Waals surface area (Å²) >= 11 is 0. The first-order chi connectivity index (χ1) is 6.24. The summed E-state index contributed by atoms with van der Waals surface area (Å²) in [6.45, 7) is 8.03. The first-order valence-electron chi connectivity index (χ1n) is 4.73. The van der Waals surface area contributed by atoms with Crippen LogP contribution >= 0.6 is 0 Å². The van der Waals surface area contributed by atoms with E-state index in [2.05, 4.69) is 25.3 Å². The van der Waals surface area contributed by atoms with Crippen LogP contribution in [0.25, 0.3) is 0 Å². The van der Waals surface area contributed by atoms with Gasteiger partial charge in [-0.15, -0.1) is 0 Å². The minimum Gasteiger partial charge on any atom is -0.0955 e. The average Bonchev–Trinajstić information content (AvgIpc) is 2.60. The van der Waals surface area contributed by atoms with Gasteiger partial charge in [0.05, 0.1) is 0 Å². The van der Waals surface area contributed by atoms with Gasteiger partial charge in [0.1, 0.15) is 0 Å². The van der Waals surface area contributed by atoms with Gasteiger partial charge in [0.25, 0.3) is 0 Å². The fraction of sp³-hybridized carbons (Fsp3) is 0.231. The highest BCUT2D eigenvalue weighted by Gasteiger charge is 2.30. The summed E-state index contributed by atoms with van der Waals surface area (Å²) in [7, 11) is 0. The van der Waals surface area contributed by atoms with Crippen LogP contribution in [0.4, 0.5) is 0 Å². The SMILES string of the molecule is C=C1C=C2CC3=CC(=C)CC3=C2C1. The maximum absolute atomic E-state index is 4.02. The minimum atomic E-state index is 1.08. The second-order valence-corrected chi connectivity index (χ2v) is 4.14. The van der Waals surface area contributed by atoms with E-state index in [1.54, 1.807) is 11.1 Å². The molecule has 13 heavy (non-hydrogen) atoms. The van der Waals surface area contributed by atoms with Crippen LogP contribution in [0.5, 0.6) is 0 Å². The second kappa shape index (κ2) is 2.14. The quantitative estimate of drug-likeness (QED) is 0.519. The molecule has 0 saturated heterocycles. The first kappa shape index (κ1) is 7.14. The van der Waals surface area contributed by atoms with Gasteiger partial charge in [-0.2, -0.15) is 0 Å². The fourth-order valence-electron chi connectivity index (χ4n) is 2.57. The zero-order valence-electron chi connectivity index (χ0n) is 7.69. The summed E-state index contributed by atoms with van der Waals surface area (Å²) in [5.74, 6) is 0. The van der Waals surface area contributed by atoms with E-state index < -0.39 is 0 Å². The molecule has 0 heterocycles. The van der Waals surface area contributed by atoms with E-state index in [1.165, 1.54) is 22.3 Å². The molecule has 3 rings (SSSR count). The van der Waals surface area contributed by atoms with Gasteiger partial charge < -0.3 is 0 Å². The number of rotatable bonds is 0. The van der Waals surface area contributed by atoms with Crippen LogP contribution in [-0.4, -0.2) is 0 Å². The molecule has 0 saturated carbocycles. The molecule has 3 aliphatic rings. The zero-order valence-corrected chi connectivity index (χ0v) is 7.69. The Hall–Kier alpha value is -1.30. The monoisotopic (exact) mass is 168 g/mol. The van der Waals surface area contributed by atoms with Crippen molar-refractivity contribution in [3.05, 3.63) is 58.7 Å². The van der Waals surface area contributed by atoms with Crippen LogP contribution in [0.1, 0.15) is 19.3 Å². The molecular weight excluding hydrogens is 156 g/mol. The van der Waals surface area contributed by atoms with Crippen molar-refractivity contribution in [2.45, 2.75) is 19.3 Å². The van der Waals surface area contributed by atoms with Gasteiger partial charge in [-0.3, -0.25) is 0 Å². The average molecular weight is 168 g/mol. The molecule has 3 aliphatic carbocycles. The molecule has 0 aromatic heterocycles. The van der Waals surface area contributed by atoms with Crippen LogP contribution in [0, 0.1) is 0 Å². The van der Waals surface area contributed by atoms with Crippen molar-refractivity contribution in [2.24, 2.45) is 0 Å². The summed E-state index contributed by atoms with van der Waals surface area (Å²) < 4.78 is 0. The van der Waals surface area contributed by atoms with Crippen molar-refractivity contribution in [3.8, 4) is 0 Å². The molecule has 0 atom stereocenters. The third-order valence-electron chi connectivity index (χ3n) is 3.08. The Kier molecular flexibility index (Phi) is 1.17. The van der Waals surface area contributed by atoms with E-state index in [-0.39, 0.29) is 0 Å². The van der Waals surface area contributed by atoms with Crippen molar-refractivity contribution in [1.29, 1.82) is 0 Å². The molecule has 0 amide bonds. The zero-order chi connectivity index (χ0) is 9.00. The molecule has 0 aromatic rings. The summed E-state index contributed by atoms with van der Waals surface area (Å²) in [6, 6.07) is 0. The van der Waals surface area contributed by atoms with Crippen molar-refractivity contribution in [3.63, 3.8) is 0 Å². The van der Waals surface area contributed by atoms with Gasteiger partial charge >= 0.3 is 0 Å². The molecule has 0 aromatic carbocycles. The number of allylic oxidation sites excluding steroid dienone is 8. The molecule has 0 bridgehead atoms. The van der Waals surface area contributed by atoms with Crippen molar-refractivity contribution in [2.75, 3.05) is 0 Å². The van der Waals surface area contributed by atoms with Crippen LogP contribution < -0.4 is 0 Å². The number of hydrogen-bond donors (Lipinski definition) is 0. The van der Waals surface area contributed by atoms with Crippen LogP contribution in [-0.2, 0) is 0 Å².